The van der Waals surface area contributed by atoms with E-state index in [1.165, 1.54) is 21.3 Å². The van der Waals surface area contributed by atoms with Crippen LogP contribution in [-0.4, -0.2) is 33.8 Å². The number of amides is 1. The molecule has 140 valence electrons. The van der Waals surface area contributed by atoms with Crippen LogP contribution >= 0.6 is 11.6 Å². The Morgan fingerprint density at radius 3 is 2.12 bits per heavy atom. The van der Waals surface area contributed by atoms with Crippen molar-refractivity contribution in [2.45, 2.75) is 13.8 Å². The predicted octanol–water partition coefficient (Wildman–Crippen LogP) is 4.03. The third-order valence-electron chi connectivity index (χ3n) is 3.81. The molecule has 0 atom stereocenters. The van der Waals surface area contributed by atoms with Crippen LogP contribution in [0.3, 0.4) is 0 Å². The molecule has 26 heavy (non-hydrogen) atoms. The van der Waals surface area contributed by atoms with E-state index in [4.69, 9.17) is 25.8 Å². The standard InChI is InChI=1S/C19H23ClN2O4/c1-11-6-12(2)18(14(20)7-11)22-17(23)10-21-13-8-15(24-3)19(26-5)16(9-13)25-4/h6-9,21H,10H2,1-5H3,(H,22,23). The fourth-order valence-corrected chi connectivity index (χ4v) is 2.99. The van der Waals surface area contributed by atoms with Crippen LogP contribution in [-0.2, 0) is 4.79 Å². The van der Waals surface area contributed by atoms with Crippen LogP contribution in [0.2, 0.25) is 5.02 Å². The van der Waals surface area contributed by atoms with E-state index in [0.717, 1.165) is 11.1 Å². The average Bonchev–Trinajstić information content (AvgIpc) is 2.61. The molecule has 2 aromatic carbocycles. The Kier molecular flexibility index (Phi) is 6.58. The monoisotopic (exact) mass is 378 g/mol. The molecule has 0 heterocycles. The summed E-state index contributed by atoms with van der Waals surface area (Å²) in [6.45, 7) is 3.92. The first-order valence-electron chi connectivity index (χ1n) is 8.00. The molecule has 0 aliphatic rings. The van der Waals surface area contributed by atoms with Gasteiger partial charge < -0.3 is 24.8 Å². The second kappa shape index (κ2) is 8.67. The van der Waals surface area contributed by atoms with E-state index < -0.39 is 0 Å². The highest BCUT2D eigenvalue weighted by molar-refractivity contribution is 6.34. The van der Waals surface area contributed by atoms with E-state index in [0.29, 0.717) is 33.6 Å². The molecule has 2 rings (SSSR count). The molecular weight excluding hydrogens is 356 g/mol. The van der Waals surface area contributed by atoms with Crippen LogP contribution in [0.15, 0.2) is 24.3 Å². The van der Waals surface area contributed by atoms with Crippen molar-refractivity contribution in [3.05, 3.63) is 40.4 Å². The first-order valence-corrected chi connectivity index (χ1v) is 8.37. The number of rotatable bonds is 7. The maximum atomic E-state index is 12.3. The molecule has 0 unspecified atom stereocenters. The first kappa shape index (κ1) is 19.7. The Morgan fingerprint density at radius 1 is 1.00 bits per heavy atom. The quantitative estimate of drug-likeness (QED) is 0.761. The average molecular weight is 379 g/mol. The first-order chi connectivity index (χ1) is 12.4. The Balaban J connectivity index is 2.10. The number of aryl methyl sites for hydroxylation is 2. The van der Waals surface area contributed by atoms with Gasteiger partial charge in [0.2, 0.25) is 11.7 Å². The summed E-state index contributed by atoms with van der Waals surface area (Å²) in [6, 6.07) is 7.25. The summed E-state index contributed by atoms with van der Waals surface area (Å²) in [6.07, 6.45) is 0. The Hall–Kier alpha value is -2.60. The van der Waals surface area contributed by atoms with Crippen molar-refractivity contribution in [2.75, 3.05) is 38.5 Å². The second-order valence-corrected chi connectivity index (χ2v) is 6.16. The normalized spacial score (nSPS) is 10.2. The molecule has 7 heteroatoms. The molecule has 0 aliphatic carbocycles. The van der Waals surface area contributed by atoms with Gasteiger partial charge in [-0.2, -0.15) is 0 Å². The Bertz CT molecular complexity index is 760. The fraction of sp³-hybridized carbons (Fsp3) is 0.316. The molecule has 0 bridgehead atoms. The largest absolute Gasteiger partial charge is 0.493 e. The van der Waals surface area contributed by atoms with Crippen LogP contribution in [0.5, 0.6) is 17.2 Å². The number of ether oxygens (including phenoxy) is 3. The zero-order valence-electron chi connectivity index (χ0n) is 15.5. The topological polar surface area (TPSA) is 68.8 Å². The fourth-order valence-electron chi connectivity index (χ4n) is 2.62. The van der Waals surface area contributed by atoms with Crippen LogP contribution in [0, 0.1) is 13.8 Å². The number of carbonyl (C=O) groups is 1. The smallest absolute Gasteiger partial charge is 0.243 e. The molecule has 0 radical (unpaired) electrons. The number of benzene rings is 2. The van der Waals surface area contributed by atoms with Gasteiger partial charge in [-0.25, -0.2) is 0 Å². The van der Waals surface area contributed by atoms with Gasteiger partial charge in [-0.3, -0.25) is 4.79 Å². The maximum absolute atomic E-state index is 12.3. The van der Waals surface area contributed by atoms with Gasteiger partial charge in [-0.05, 0) is 31.0 Å². The maximum Gasteiger partial charge on any atom is 0.243 e. The molecule has 0 aromatic heterocycles. The summed E-state index contributed by atoms with van der Waals surface area (Å²) in [5.41, 5.74) is 3.24. The van der Waals surface area contributed by atoms with Crippen LogP contribution in [0.4, 0.5) is 11.4 Å². The molecule has 0 fully saturated rings. The van der Waals surface area contributed by atoms with Crippen LogP contribution in [0.1, 0.15) is 11.1 Å². The number of hydrogen-bond acceptors (Lipinski definition) is 5. The van der Waals surface area contributed by atoms with Crippen molar-refractivity contribution in [3.63, 3.8) is 0 Å². The Morgan fingerprint density at radius 2 is 1.62 bits per heavy atom. The number of carbonyl (C=O) groups excluding carboxylic acids is 1. The van der Waals surface area contributed by atoms with Gasteiger partial charge in [-0.1, -0.05) is 17.7 Å². The molecule has 6 nitrogen and oxygen atoms in total. The van der Waals surface area contributed by atoms with E-state index in [-0.39, 0.29) is 12.5 Å². The molecule has 1 amide bonds. The summed E-state index contributed by atoms with van der Waals surface area (Å²) in [5, 5.41) is 6.40. The lowest BCUT2D eigenvalue weighted by Crippen LogP contribution is -2.22. The van der Waals surface area contributed by atoms with Gasteiger partial charge in [0.25, 0.3) is 0 Å². The van der Waals surface area contributed by atoms with Crippen molar-refractivity contribution < 1.29 is 19.0 Å². The minimum Gasteiger partial charge on any atom is -0.493 e. The molecular formula is C19H23ClN2O4. The summed E-state index contributed by atoms with van der Waals surface area (Å²) in [7, 11) is 4.61. The third-order valence-corrected chi connectivity index (χ3v) is 4.11. The summed E-state index contributed by atoms with van der Waals surface area (Å²) < 4.78 is 15.9. The number of methoxy groups -OCH3 is 3. The molecule has 0 spiro atoms. The third kappa shape index (κ3) is 4.52. The van der Waals surface area contributed by atoms with Crippen molar-refractivity contribution in [1.82, 2.24) is 0 Å². The molecule has 0 aliphatic heterocycles. The van der Waals surface area contributed by atoms with E-state index in [1.807, 2.05) is 26.0 Å². The predicted molar refractivity (Wildman–Crippen MR) is 104 cm³/mol. The van der Waals surface area contributed by atoms with Gasteiger partial charge in [-0.15, -0.1) is 0 Å². The van der Waals surface area contributed by atoms with Gasteiger partial charge in [0.1, 0.15) is 0 Å². The number of hydrogen-bond donors (Lipinski definition) is 2. The van der Waals surface area contributed by atoms with Gasteiger partial charge >= 0.3 is 0 Å². The lowest BCUT2D eigenvalue weighted by molar-refractivity contribution is -0.114. The minimum atomic E-state index is -0.215. The molecule has 2 aromatic rings. The summed E-state index contributed by atoms with van der Waals surface area (Å²) in [5.74, 6) is 1.29. The lowest BCUT2D eigenvalue weighted by atomic mass is 10.1. The molecule has 2 N–H and O–H groups in total. The number of nitrogens with one attached hydrogen (secondary N) is 2. The number of anilines is 2. The molecule has 0 saturated carbocycles. The minimum absolute atomic E-state index is 0.0578. The van der Waals surface area contributed by atoms with Crippen molar-refractivity contribution in [2.24, 2.45) is 0 Å². The van der Waals surface area contributed by atoms with Crippen molar-refractivity contribution in [3.8, 4) is 17.2 Å². The van der Waals surface area contributed by atoms with E-state index in [1.54, 1.807) is 12.1 Å². The lowest BCUT2D eigenvalue weighted by Gasteiger charge is -2.15. The number of halogens is 1. The van der Waals surface area contributed by atoms with Crippen molar-refractivity contribution in [1.29, 1.82) is 0 Å². The summed E-state index contributed by atoms with van der Waals surface area (Å²) >= 11 is 6.23. The van der Waals surface area contributed by atoms with Gasteiger partial charge in [0, 0.05) is 17.8 Å². The highest BCUT2D eigenvalue weighted by Gasteiger charge is 2.14. The highest BCUT2D eigenvalue weighted by Crippen LogP contribution is 2.39. The van der Waals surface area contributed by atoms with Crippen LogP contribution in [0.25, 0.3) is 0 Å². The van der Waals surface area contributed by atoms with Gasteiger partial charge in [0.05, 0.1) is 38.6 Å². The van der Waals surface area contributed by atoms with E-state index in [2.05, 4.69) is 10.6 Å². The zero-order valence-corrected chi connectivity index (χ0v) is 16.3. The molecule has 0 saturated heterocycles. The SMILES string of the molecule is COc1cc(NCC(=O)Nc2c(C)cc(C)cc2Cl)cc(OC)c1OC. The Labute approximate surface area is 158 Å². The zero-order chi connectivity index (χ0) is 19.3. The highest BCUT2D eigenvalue weighted by atomic mass is 35.5. The van der Waals surface area contributed by atoms with Gasteiger partial charge in [0.15, 0.2) is 11.5 Å². The van der Waals surface area contributed by atoms with E-state index >= 15 is 0 Å². The van der Waals surface area contributed by atoms with Crippen molar-refractivity contribution >= 4 is 28.9 Å². The second-order valence-electron chi connectivity index (χ2n) is 5.75. The van der Waals surface area contributed by atoms with Crippen LogP contribution < -0.4 is 24.8 Å². The summed E-state index contributed by atoms with van der Waals surface area (Å²) in [4.78, 5) is 12.3. The van der Waals surface area contributed by atoms with E-state index in [9.17, 15) is 4.79 Å².